The van der Waals surface area contributed by atoms with Crippen LogP contribution in [0.25, 0.3) is 11.0 Å². The summed E-state index contributed by atoms with van der Waals surface area (Å²) in [5, 5.41) is 24.8. The molecule has 1 heterocycles. The molecule has 3 aromatic rings. The number of carbonyl (C=O) groups excluding carboxylic acids is 2. The summed E-state index contributed by atoms with van der Waals surface area (Å²) in [7, 11) is 1.75. The standard InChI is InChI=1S/C24H26N6O3/c1-24(2,33)14-30-20-11-10-18(29(3)21(31)16-6-7-16)12-19(20)27-22(30)28-23(32)26-17-8-4-15(13-25)5-9-17/h4-5,8-12,16,33H,6-7,14H2,1-3H3,(H2,26,27,28,32). The summed E-state index contributed by atoms with van der Waals surface area (Å²) in [6.45, 7) is 3.55. The van der Waals surface area contributed by atoms with Crippen molar-refractivity contribution >= 4 is 40.3 Å². The smallest absolute Gasteiger partial charge is 0.326 e. The number of nitrogens with zero attached hydrogens (tertiary/aromatic N) is 4. The molecule has 1 aliphatic carbocycles. The van der Waals surface area contributed by atoms with Crippen molar-refractivity contribution < 1.29 is 14.7 Å². The average molecular weight is 447 g/mol. The fourth-order valence-electron chi connectivity index (χ4n) is 3.59. The van der Waals surface area contributed by atoms with Crippen molar-refractivity contribution in [2.24, 2.45) is 5.92 Å². The highest BCUT2D eigenvalue weighted by Crippen LogP contribution is 2.33. The lowest BCUT2D eigenvalue weighted by atomic mass is 10.1. The molecule has 1 aliphatic rings. The van der Waals surface area contributed by atoms with E-state index in [0.29, 0.717) is 16.8 Å². The molecule has 0 spiro atoms. The van der Waals surface area contributed by atoms with Gasteiger partial charge in [-0.1, -0.05) is 0 Å². The molecular weight excluding hydrogens is 420 g/mol. The number of anilines is 3. The van der Waals surface area contributed by atoms with Gasteiger partial charge in [0.15, 0.2) is 0 Å². The Hall–Kier alpha value is -3.90. The second-order valence-corrected chi connectivity index (χ2v) is 8.95. The van der Waals surface area contributed by atoms with Crippen molar-refractivity contribution in [3.8, 4) is 6.07 Å². The number of carbonyl (C=O) groups is 2. The minimum absolute atomic E-state index is 0.0883. The summed E-state index contributed by atoms with van der Waals surface area (Å²) in [6.07, 6.45) is 1.85. The van der Waals surface area contributed by atoms with Gasteiger partial charge in [-0.25, -0.2) is 9.78 Å². The molecule has 170 valence electrons. The lowest BCUT2D eigenvalue weighted by molar-refractivity contribution is -0.119. The monoisotopic (exact) mass is 446 g/mol. The number of benzene rings is 2. The van der Waals surface area contributed by atoms with Gasteiger partial charge in [-0.3, -0.25) is 10.1 Å². The van der Waals surface area contributed by atoms with Crippen LogP contribution >= 0.6 is 0 Å². The fourth-order valence-corrected chi connectivity index (χ4v) is 3.59. The van der Waals surface area contributed by atoms with E-state index < -0.39 is 11.6 Å². The Labute approximate surface area is 191 Å². The molecule has 9 nitrogen and oxygen atoms in total. The topological polar surface area (TPSA) is 123 Å². The van der Waals surface area contributed by atoms with Gasteiger partial charge in [0, 0.05) is 24.3 Å². The van der Waals surface area contributed by atoms with Gasteiger partial charge in [-0.05, 0) is 69.2 Å². The number of amides is 3. The molecule has 0 aliphatic heterocycles. The number of nitriles is 1. The molecular formula is C24H26N6O3. The van der Waals surface area contributed by atoms with E-state index >= 15 is 0 Å². The lowest BCUT2D eigenvalue weighted by Crippen LogP contribution is -2.29. The highest BCUT2D eigenvalue weighted by molar-refractivity contribution is 6.01. The number of aromatic nitrogens is 2. The van der Waals surface area contributed by atoms with E-state index in [9.17, 15) is 14.7 Å². The van der Waals surface area contributed by atoms with Gasteiger partial charge in [0.2, 0.25) is 11.9 Å². The molecule has 3 N–H and O–H groups in total. The summed E-state index contributed by atoms with van der Waals surface area (Å²) in [6, 6.07) is 13.5. The number of fused-ring (bicyclic) bond motifs is 1. The minimum atomic E-state index is -1.05. The van der Waals surface area contributed by atoms with Gasteiger partial charge in [-0.15, -0.1) is 0 Å². The van der Waals surface area contributed by atoms with Crippen molar-refractivity contribution in [3.05, 3.63) is 48.0 Å². The number of imidazole rings is 1. The lowest BCUT2D eigenvalue weighted by Gasteiger charge is -2.20. The maximum absolute atomic E-state index is 12.6. The SMILES string of the molecule is CN(C(=O)C1CC1)c1ccc2c(c1)nc(NC(=O)Nc1ccc(C#N)cc1)n2CC(C)(C)O. The van der Waals surface area contributed by atoms with E-state index in [-0.39, 0.29) is 24.3 Å². The summed E-state index contributed by atoms with van der Waals surface area (Å²) in [5.41, 5.74) is 2.02. The molecule has 0 radical (unpaired) electrons. The predicted molar refractivity (Wildman–Crippen MR) is 126 cm³/mol. The third-order valence-corrected chi connectivity index (χ3v) is 5.42. The Balaban J connectivity index is 1.61. The molecule has 0 atom stereocenters. The van der Waals surface area contributed by atoms with E-state index in [1.54, 1.807) is 60.7 Å². The molecule has 9 heteroatoms. The van der Waals surface area contributed by atoms with Gasteiger partial charge < -0.3 is 19.9 Å². The molecule has 1 fully saturated rings. The van der Waals surface area contributed by atoms with Gasteiger partial charge in [0.05, 0.1) is 34.8 Å². The van der Waals surface area contributed by atoms with Crippen molar-refractivity contribution in [1.82, 2.24) is 9.55 Å². The predicted octanol–water partition coefficient (Wildman–Crippen LogP) is 3.70. The molecule has 0 unspecified atom stereocenters. The third kappa shape index (κ3) is 5.13. The minimum Gasteiger partial charge on any atom is -0.389 e. The molecule has 3 amide bonds. The second kappa shape index (κ2) is 8.56. The number of hydrogen-bond acceptors (Lipinski definition) is 5. The van der Waals surface area contributed by atoms with Gasteiger partial charge in [-0.2, -0.15) is 5.26 Å². The van der Waals surface area contributed by atoms with E-state index in [2.05, 4.69) is 15.6 Å². The first-order valence-corrected chi connectivity index (χ1v) is 10.7. The van der Waals surface area contributed by atoms with Gasteiger partial charge in [0.25, 0.3) is 0 Å². The van der Waals surface area contributed by atoms with Crippen molar-refractivity contribution in [2.75, 3.05) is 22.6 Å². The molecule has 33 heavy (non-hydrogen) atoms. The number of hydrogen-bond donors (Lipinski definition) is 3. The Morgan fingerprint density at radius 3 is 2.52 bits per heavy atom. The largest absolute Gasteiger partial charge is 0.389 e. The summed E-state index contributed by atoms with van der Waals surface area (Å²) < 4.78 is 1.74. The van der Waals surface area contributed by atoms with E-state index in [1.165, 1.54) is 0 Å². The Morgan fingerprint density at radius 1 is 1.21 bits per heavy atom. The van der Waals surface area contributed by atoms with Gasteiger partial charge in [0.1, 0.15) is 0 Å². The number of urea groups is 1. The highest BCUT2D eigenvalue weighted by atomic mass is 16.3. The second-order valence-electron chi connectivity index (χ2n) is 8.95. The zero-order chi connectivity index (χ0) is 23.8. The molecule has 0 bridgehead atoms. The van der Waals surface area contributed by atoms with Crippen LogP contribution in [-0.4, -0.2) is 39.2 Å². The molecule has 0 saturated heterocycles. The van der Waals surface area contributed by atoms with Crippen LogP contribution in [0.1, 0.15) is 32.3 Å². The molecule has 4 rings (SSSR count). The van der Waals surface area contributed by atoms with Crippen LogP contribution in [0.4, 0.5) is 22.1 Å². The average Bonchev–Trinajstić information content (AvgIpc) is 3.57. The normalized spacial score (nSPS) is 13.4. The highest BCUT2D eigenvalue weighted by Gasteiger charge is 2.32. The number of rotatable bonds is 6. The van der Waals surface area contributed by atoms with Crippen molar-refractivity contribution in [1.29, 1.82) is 5.26 Å². The fraction of sp³-hybridized carbons (Fsp3) is 0.333. The Morgan fingerprint density at radius 2 is 1.91 bits per heavy atom. The van der Waals surface area contributed by atoms with E-state index in [0.717, 1.165) is 24.0 Å². The van der Waals surface area contributed by atoms with Crippen molar-refractivity contribution in [3.63, 3.8) is 0 Å². The van der Waals surface area contributed by atoms with Crippen LogP contribution < -0.4 is 15.5 Å². The summed E-state index contributed by atoms with van der Waals surface area (Å²) in [4.78, 5) is 31.3. The summed E-state index contributed by atoms with van der Waals surface area (Å²) in [5.74, 6) is 0.457. The maximum Gasteiger partial charge on any atom is 0.326 e. The molecule has 1 saturated carbocycles. The van der Waals surface area contributed by atoms with Gasteiger partial charge >= 0.3 is 6.03 Å². The van der Waals surface area contributed by atoms with Crippen LogP contribution in [-0.2, 0) is 11.3 Å². The third-order valence-electron chi connectivity index (χ3n) is 5.42. The van der Waals surface area contributed by atoms with Crippen LogP contribution in [0.5, 0.6) is 0 Å². The first-order chi connectivity index (χ1) is 15.6. The van der Waals surface area contributed by atoms with Crippen LogP contribution in [0.15, 0.2) is 42.5 Å². The quantitative estimate of drug-likeness (QED) is 0.533. The van der Waals surface area contributed by atoms with Crippen LogP contribution in [0.2, 0.25) is 0 Å². The van der Waals surface area contributed by atoms with E-state index in [4.69, 9.17) is 5.26 Å². The zero-order valence-corrected chi connectivity index (χ0v) is 18.8. The molecule has 1 aromatic heterocycles. The first kappa shape index (κ1) is 22.3. The van der Waals surface area contributed by atoms with Crippen LogP contribution in [0.3, 0.4) is 0 Å². The maximum atomic E-state index is 12.6. The summed E-state index contributed by atoms with van der Waals surface area (Å²) >= 11 is 0. The first-order valence-electron chi connectivity index (χ1n) is 10.7. The van der Waals surface area contributed by atoms with Crippen molar-refractivity contribution in [2.45, 2.75) is 38.8 Å². The zero-order valence-electron chi connectivity index (χ0n) is 18.8. The molecule has 2 aromatic carbocycles. The van der Waals surface area contributed by atoms with E-state index in [1.807, 2.05) is 18.2 Å². The Kier molecular flexibility index (Phi) is 5.78. The Bertz CT molecular complexity index is 1250. The number of nitrogens with one attached hydrogen (secondary N) is 2. The van der Waals surface area contributed by atoms with Crippen LogP contribution in [0, 0.1) is 17.2 Å². The number of aliphatic hydroxyl groups is 1.